The SMILES string of the molecule is CN1CCNCC1c1noc(-c2cnn(-c3ccc(Br)cc3)c2)n1.Cl. The maximum absolute atomic E-state index is 5.44. The van der Waals surface area contributed by atoms with Gasteiger partial charge < -0.3 is 9.84 Å². The van der Waals surface area contributed by atoms with Crippen LogP contribution in [0, 0.1) is 0 Å². The minimum absolute atomic E-state index is 0. The Labute approximate surface area is 159 Å². The van der Waals surface area contributed by atoms with Crippen molar-refractivity contribution in [3.05, 3.63) is 47.0 Å². The molecule has 3 aromatic rings. The molecule has 1 aromatic carbocycles. The lowest BCUT2D eigenvalue weighted by Gasteiger charge is -2.30. The van der Waals surface area contributed by atoms with E-state index in [1.54, 1.807) is 10.9 Å². The van der Waals surface area contributed by atoms with Crippen molar-refractivity contribution in [1.29, 1.82) is 0 Å². The number of likely N-dealkylation sites (N-methyl/N-ethyl adjacent to an activating group) is 1. The molecular weight excluding hydrogens is 408 g/mol. The molecule has 9 heteroatoms. The molecule has 1 atom stereocenters. The molecule has 0 bridgehead atoms. The average molecular weight is 426 g/mol. The Morgan fingerprint density at radius 3 is 2.84 bits per heavy atom. The second-order valence-electron chi connectivity index (χ2n) is 5.81. The van der Waals surface area contributed by atoms with E-state index in [-0.39, 0.29) is 18.4 Å². The quantitative estimate of drug-likeness (QED) is 0.696. The number of nitrogens with one attached hydrogen (secondary N) is 1. The molecule has 132 valence electrons. The van der Waals surface area contributed by atoms with Crippen molar-refractivity contribution in [2.45, 2.75) is 6.04 Å². The molecule has 1 N–H and O–H groups in total. The zero-order valence-corrected chi connectivity index (χ0v) is 16.0. The summed E-state index contributed by atoms with van der Waals surface area (Å²) < 4.78 is 8.27. The first-order chi connectivity index (χ1) is 11.7. The van der Waals surface area contributed by atoms with Crippen LogP contribution < -0.4 is 5.32 Å². The Kier molecular flexibility index (Phi) is 5.53. The Morgan fingerprint density at radius 1 is 1.28 bits per heavy atom. The molecule has 0 spiro atoms. The number of hydrogen-bond acceptors (Lipinski definition) is 6. The number of hydrogen-bond donors (Lipinski definition) is 1. The third kappa shape index (κ3) is 3.77. The van der Waals surface area contributed by atoms with Crippen molar-refractivity contribution in [2.75, 3.05) is 26.7 Å². The van der Waals surface area contributed by atoms with Gasteiger partial charge in [-0.3, -0.25) is 4.90 Å². The largest absolute Gasteiger partial charge is 0.334 e. The van der Waals surface area contributed by atoms with Gasteiger partial charge in [-0.1, -0.05) is 21.1 Å². The first kappa shape index (κ1) is 18.1. The van der Waals surface area contributed by atoms with E-state index in [0.717, 1.165) is 35.4 Å². The summed E-state index contributed by atoms with van der Waals surface area (Å²) in [6.45, 7) is 2.78. The van der Waals surface area contributed by atoms with E-state index in [1.807, 2.05) is 30.5 Å². The lowest BCUT2D eigenvalue weighted by molar-refractivity contribution is 0.190. The predicted octanol–water partition coefficient (Wildman–Crippen LogP) is 2.68. The highest BCUT2D eigenvalue weighted by atomic mass is 79.9. The molecule has 0 saturated carbocycles. The van der Waals surface area contributed by atoms with E-state index < -0.39 is 0 Å². The maximum Gasteiger partial charge on any atom is 0.261 e. The molecule has 7 nitrogen and oxygen atoms in total. The monoisotopic (exact) mass is 424 g/mol. The zero-order chi connectivity index (χ0) is 16.5. The predicted molar refractivity (Wildman–Crippen MR) is 100 cm³/mol. The summed E-state index contributed by atoms with van der Waals surface area (Å²) in [6, 6.07) is 8.07. The van der Waals surface area contributed by atoms with E-state index in [0.29, 0.717) is 11.7 Å². The van der Waals surface area contributed by atoms with E-state index in [9.17, 15) is 0 Å². The Hall–Kier alpha value is -1.74. The zero-order valence-electron chi connectivity index (χ0n) is 13.6. The smallest absolute Gasteiger partial charge is 0.261 e. The lowest BCUT2D eigenvalue weighted by Crippen LogP contribution is -2.44. The summed E-state index contributed by atoms with van der Waals surface area (Å²) in [5.74, 6) is 1.20. The van der Waals surface area contributed by atoms with Crippen molar-refractivity contribution < 1.29 is 4.52 Å². The van der Waals surface area contributed by atoms with Crippen LogP contribution in [0.4, 0.5) is 0 Å². The first-order valence-electron chi connectivity index (χ1n) is 7.76. The second kappa shape index (κ2) is 7.65. The highest BCUT2D eigenvalue weighted by Crippen LogP contribution is 2.23. The molecule has 25 heavy (non-hydrogen) atoms. The van der Waals surface area contributed by atoms with Crippen LogP contribution in [0.3, 0.4) is 0 Å². The van der Waals surface area contributed by atoms with Gasteiger partial charge in [-0.2, -0.15) is 10.1 Å². The minimum Gasteiger partial charge on any atom is -0.334 e. The number of halogens is 2. The third-order valence-electron chi connectivity index (χ3n) is 4.17. The topological polar surface area (TPSA) is 72.0 Å². The molecule has 1 aliphatic rings. The molecule has 0 amide bonds. The van der Waals surface area contributed by atoms with Gasteiger partial charge in [0.15, 0.2) is 5.82 Å². The maximum atomic E-state index is 5.44. The van der Waals surface area contributed by atoms with Crippen LogP contribution in [0.1, 0.15) is 11.9 Å². The summed E-state index contributed by atoms with van der Waals surface area (Å²) in [5, 5.41) is 11.9. The molecule has 1 aliphatic heterocycles. The van der Waals surface area contributed by atoms with Gasteiger partial charge in [-0.15, -0.1) is 12.4 Å². The number of nitrogens with zero attached hydrogens (tertiary/aromatic N) is 5. The van der Waals surface area contributed by atoms with Gasteiger partial charge in [0, 0.05) is 30.3 Å². The van der Waals surface area contributed by atoms with E-state index in [1.165, 1.54) is 0 Å². The highest BCUT2D eigenvalue weighted by molar-refractivity contribution is 9.10. The fourth-order valence-electron chi connectivity index (χ4n) is 2.75. The fourth-order valence-corrected chi connectivity index (χ4v) is 3.01. The highest BCUT2D eigenvalue weighted by Gasteiger charge is 2.25. The lowest BCUT2D eigenvalue weighted by atomic mass is 10.2. The normalized spacial score (nSPS) is 18.1. The fraction of sp³-hybridized carbons (Fsp3) is 0.312. The van der Waals surface area contributed by atoms with Crippen LogP contribution in [0.5, 0.6) is 0 Å². The number of aromatic nitrogens is 4. The van der Waals surface area contributed by atoms with Gasteiger partial charge >= 0.3 is 0 Å². The van der Waals surface area contributed by atoms with Gasteiger partial charge in [-0.25, -0.2) is 4.68 Å². The van der Waals surface area contributed by atoms with Crippen molar-refractivity contribution >= 4 is 28.3 Å². The van der Waals surface area contributed by atoms with Crippen molar-refractivity contribution in [3.8, 4) is 17.1 Å². The minimum atomic E-state index is 0. The summed E-state index contributed by atoms with van der Waals surface area (Å²) in [4.78, 5) is 6.79. The van der Waals surface area contributed by atoms with E-state index >= 15 is 0 Å². The second-order valence-corrected chi connectivity index (χ2v) is 6.72. The van der Waals surface area contributed by atoms with Crippen LogP contribution in [0.2, 0.25) is 0 Å². The summed E-state index contributed by atoms with van der Waals surface area (Å²) in [7, 11) is 2.08. The summed E-state index contributed by atoms with van der Waals surface area (Å²) in [6.07, 6.45) is 3.63. The van der Waals surface area contributed by atoms with Crippen molar-refractivity contribution in [3.63, 3.8) is 0 Å². The third-order valence-corrected chi connectivity index (χ3v) is 4.70. The number of piperazine rings is 1. The van der Waals surface area contributed by atoms with Crippen LogP contribution >= 0.6 is 28.3 Å². The van der Waals surface area contributed by atoms with Gasteiger partial charge in [0.05, 0.1) is 23.5 Å². The number of benzene rings is 1. The van der Waals surface area contributed by atoms with Crippen LogP contribution in [0.25, 0.3) is 17.1 Å². The van der Waals surface area contributed by atoms with E-state index in [4.69, 9.17) is 4.52 Å². The molecule has 4 rings (SSSR count). The Bertz CT molecular complexity index is 833. The molecule has 1 fully saturated rings. The molecule has 1 saturated heterocycles. The molecule has 0 radical (unpaired) electrons. The Balaban J connectivity index is 0.00000182. The van der Waals surface area contributed by atoms with Crippen molar-refractivity contribution in [2.24, 2.45) is 0 Å². The van der Waals surface area contributed by atoms with Gasteiger partial charge in [0.2, 0.25) is 0 Å². The van der Waals surface area contributed by atoms with E-state index in [2.05, 4.69) is 48.4 Å². The van der Waals surface area contributed by atoms with Crippen molar-refractivity contribution in [1.82, 2.24) is 30.1 Å². The standard InChI is InChI=1S/C16H17BrN6O.ClH/c1-22-7-6-18-9-14(22)15-20-16(24-21-15)11-8-19-23(10-11)13-4-2-12(17)3-5-13;/h2-5,8,10,14,18H,6-7,9H2,1H3;1H. The van der Waals surface area contributed by atoms with Gasteiger partial charge in [0.25, 0.3) is 5.89 Å². The van der Waals surface area contributed by atoms with Crippen LogP contribution in [-0.2, 0) is 0 Å². The average Bonchev–Trinajstić information content (AvgIpc) is 3.25. The first-order valence-corrected chi connectivity index (χ1v) is 8.55. The summed E-state index contributed by atoms with van der Waals surface area (Å²) >= 11 is 3.43. The summed E-state index contributed by atoms with van der Waals surface area (Å²) in [5.41, 5.74) is 1.78. The van der Waals surface area contributed by atoms with Crippen LogP contribution in [-0.4, -0.2) is 51.5 Å². The Morgan fingerprint density at radius 2 is 2.08 bits per heavy atom. The molecule has 1 unspecified atom stereocenters. The number of rotatable bonds is 3. The molecule has 2 aromatic heterocycles. The molecule has 0 aliphatic carbocycles. The molecule has 3 heterocycles. The molecular formula is C16H18BrClN6O. The van der Waals surface area contributed by atoms with Gasteiger partial charge in [0.1, 0.15) is 0 Å². The van der Waals surface area contributed by atoms with Gasteiger partial charge in [-0.05, 0) is 31.3 Å². The van der Waals surface area contributed by atoms with Crippen LogP contribution in [0.15, 0.2) is 45.7 Å².